The molecule has 1 nitrogen and oxygen atoms in total. The summed E-state index contributed by atoms with van der Waals surface area (Å²) in [6, 6.07) is 10.4. The van der Waals surface area contributed by atoms with E-state index in [1.54, 1.807) is 12.1 Å². The van der Waals surface area contributed by atoms with Crippen LogP contribution < -0.4 is 0 Å². The normalized spacial score (nSPS) is 12.5. The number of hydrogen-bond donors (Lipinski definition) is 1. The lowest BCUT2D eigenvalue weighted by Crippen LogP contribution is -2.06. The molecule has 0 aliphatic rings. The van der Waals surface area contributed by atoms with Gasteiger partial charge in [0.2, 0.25) is 0 Å². The van der Waals surface area contributed by atoms with Crippen molar-refractivity contribution in [2.24, 2.45) is 0 Å². The van der Waals surface area contributed by atoms with E-state index in [0.717, 1.165) is 15.6 Å². The van der Waals surface area contributed by atoms with Crippen LogP contribution in [0.4, 0.5) is 4.39 Å². The summed E-state index contributed by atoms with van der Waals surface area (Å²) in [7, 11) is 0. The van der Waals surface area contributed by atoms with Gasteiger partial charge in [-0.15, -0.1) is 0 Å². The average Bonchev–Trinajstić information content (AvgIpc) is 2.38. The molecular formula is C15H13BrClFO. The monoisotopic (exact) mass is 342 g/mol. The van der Waals surface area contributed by atoms with Crippen molar-refractivity contribution in [3.8, 4) is 0 Å². The third-order valence-electron chi connectivity index (χ3n) is 3.11. The number of rotatable bonds is 3. The minimum Gasteiger partial charge on any atom is -0.388 e. The van der Waals surface area contributed by atoms with Crippen LogP contribution in [0.1, 0.15) is 22.8 Å². The maximum Gasteiger partial charge on any atom is 0.145 e. The van der Waals surface area contributed by atoms with Crippen molar-refractivity contribution in [1.82, 2.24) is 0 Å². The van der Waals surface area contributed by atoms with Gasteiger partial charge in [0.05, 0.1) is 11.1 Å². The minimum absolute atomic E-state index is 0.0793. The van der Waals surface area contributed by atoms with Crippen LogP contribution in [0.5, 0.6) is 0 Å². The molecule has 2 aromatic carbocycles. The highest BCUT2D eigenvalue weighted by atomic mass is 79.9. The second-order valence-electron chi connectivity index (χ2n) is 4.39. The Morgan fingerprint density at radius 3 is 2.68 bits per heavy atom. The number of aliphatic hydroxyl groups excluding tert-OH is 1. The van der Waals surface area contributed by atoms with Crippen LogP contribution >= 0.6 is 27.5 Å². The SMILES string of the molecule is Cc1c(Br)cccc1C(O)Cc1cccc(Cl)c1F. The molecule has 0 saturated heterocycles. The Bertz CT molecular complexity index is 601. The molecule has 0 fully saturated rings. The smallest absolute Gasteiger partial charge is 0.145 e. The molecular weight excluding hydrogens is 331 g/mol. The third kappa shape index (κ3) is 3.16. The predicted molar refractivity (Wildman–Crippen MR) is 79.0 cm³/mol. The van der Waals surface area contributed by atoms with Crippen LogP contribution in [-0.2, 0) is 6.42 Å². The minimum atomic E-state index is -0.759. The van der Waals surface area contributed by atoms with Gasteiger partial charge in [-0.05, 0) is 35.7 Å². The first kappa shape index (κ1) is 14.5. The van der Waals surface area contributed by atoms with E-state index >= 15 is 0 Å². The molecule has 0 heterocycles. The van der Waals surface area contributed by atoms with Crippen LogP contribution in [0.3, 0.4) is 0 Å². The lowest BCUT2D eigenvalue weighted by Gasteiger charge is -2.15. The summed E-state index contributed by atoms with van der Waals surface area (Å²) >= 11 is 9.16. The second kappa shape index (κ2) is 6.04. The lowest BCUT2D eigenvalue weighted by atomic mass is 9.97. The zero-order chi connectivity index (χ0) is 14.0. The standard InChI is InChI=1S/C15H13BrClFO/c1-9-11(5-3-6-12(9)16)14(19)8-10-4-2-7-13(17)15(10)18/h2-7,14,19H,8H2,1H3. The van der Waals surface area contributed by atoms with Crippen LogP contribution in [0.25, 0.3) is 0 Å². The van der Waals surface area contributed by atoms with Gasteiger partial charge in [0.25, 0.3) is 0 Å². The van der Waals surface area contributed by atoms with Gasteiger partial charge in [0.1, 0.15) is 5.82 Å². The number of aliphatic hydroxyl groups is 1. The van der Waals surface area contributed by atoms with Crippen molar-refractivity contribution in [2.45, 2.75) is 19.4 Å². The van der Waals surface area contributed by atoms with E-state index in [0.29, 0.717) is 5.56 Å². The van der Waals surface area contributed by atoms with E-state index in [-0.39, 0.29) is 11.4 Å². The number of halogens is 3. The summed E-state index contributed by atoms with van der Waals surface area (Å²) in [5.41, 5.74) is 2.16. The Balaban J connectivity index is 2.28. The topological polar surface area (TPSA) is 20.2 Å². The molecule has 0 aromatic heterocycles. The van der Waals surface area contributed by atoms with Gasteiger partial charge in [-0.2, -0.15) is 0 Å². The van der Waals surface area contributed by atoms with Crippen LogP contribution in [-0.4, -0.2) is 5.11 Å². The van der Waals surface area contributed by atoms with Gasteiger partial charge in [-0.1, -0.05) is 51.8 Å². The molecule has 1 N–H and O–H groups in total. The van der Waals surface area contributed by atoms with E-state index in [1.165, 1.54) is 6.07 Å². The highest BCUT2D eigenvalue weighted by Crippen LogP contribution is 2.28. The van der Waals surface area contributed by atoms with Crippen molar-refractivity contribution in [3.63, 3.8) is 0 Å². The van der Waals surface area contributed by atoms with Gasteiger partial charge in [0.15, 0.2) is 0 Å². The Hall–Kier alpha value is -0.900. The molecule has 1 unspecified atom stereocenters. The largest absolute Gasteiger partial charge is 0.388 e. The molecule has 0 bridgehead atoms. The zero-order valence-electron chi connectivity index (χ0n) is 10.3. The fourth-order valence-electron chi connectivity index (χ4n) is 2.01. The van der Waals surface area contributed by atoms with Gasteiger partial charge < -0.3 is 5.11 Å². The quantitative estimate of drug-likeness (QED) is 0.846. The highest BCUT2D eigenvalue weighted by Gasteiger charge is 2.15. The predicted octanol–water partition coefficient (Wildman–Crippen LogP) is 4.83. The first-order valence-electron chi connectivity index (χ1n) is 5.86. The van der Waals surface area contributed by atoms with Crippen molar-refractivity contribution in [2.75, 3.05) is 0 Å². The molecule has 4 heteroatoms. The van der Waals surface area contributed by atoms with Gasteiger partial charge in [-0.3, -0.25) is 0 Å². The molecule has 0 aliphatic heterocycles. The molecule has 19 heavy (non-hydrogen) atoms. The van der Waals surface area contributed by atoms with Crippen molar-refractivity contribution >= 4 is 27.5 Å². The van der Waals surface area contributed by atoms with Crippen LogP contribution in [0, 0.1) is 12.7 Å². The Morgan fingerprint density at radius 2 is 1.95 bits per heavy atom. The molecule has 100 valence electrons. The Kier molecular flexibility index (Phi) is 4.61. The van der Waals surface area contributed by atoms with Gasteiger partial charge in [0, 0.05) is 10.9 Å². The fraction of sp³-hybridized carbons (Fsp3) is 0.200. The summed E-state index contributed by atoms with van der Waals surface area (Å²) in [4.78, 5) is 0. The summed E-state index contributed by atoms with van der Waals surface area (Å²) in [5.74, 6) is -0.462. The third-order valence-corrected chi connectivity index (χ3v) is 4.26. The van der Waals surface area contributed by atoms with E-state index in [1.807, 2.05) is 25.1 Å². The van der Waals surface area contributed by atoms with Crippen molar-refractivity contribution in [1.29, 1.82) is 0 Å². The second-order valence-corrected chi connectivity index (χ2v) is 5.65. The summed E-state index contributed by atoms with van der Waals surface area (Å²) in [5, 5.41) is 10.3. The van der Waals surface area contributed by atoms with E-state index in [4.69, 9.17) is 11.6 Å². The maximum atomic E-state index is 13.8. The molecule has 2 rings (SSSR count). The zero-order valence-corrected chi connectivity index (χ0v) is 12.7. The molecule has 1 atom stereocenters. The van der Waals surface area contributed by atoms with E-state index in [2.05, 4.69) is 15.9 Å². The lowest BCUT2D eigenvalue weighted by molar-refractivity contribution is 0.176. The van der Waals surface area contributed by atoms with Crippen LogP contribution in [0.15, 0.2) is 40.9 Å². The number of hydrogen-bond acceptors (Lipinski definition) is 1. The summed E-state index contributed by atoms with van der Waals surface area (Å²) < 4.78 is 14.7. The van der Waals surface area contributed by atoms with Gasteiger partial charge in [-0.25, -0.2) is 4.39 Å². The molecule has 0 radical (unpaired) electrons. The molecule has 0 aliphatic carbocycles. The van der Waals surface area contributed by atoms with Crippen LogP contribution in [0.2, 0.25) is 5.02 Å². The molecule has 0 saturated carbocycles. The Morgan fingerprint density at radius 1 is 1.26 bits per heavy atom. The fourth-order valence-corrected chi connectivity index (χ4v) is 2.59. The number of benzene rings is 2. The average molecular weight is 344 g/mol. The highest BCUT2D eigenvalue weighted by molar-refractivity contribution is 9.10. The van der Waals surface area contributed by atoms with Gasteiger partial charge >= 0.3 is 0 Å². The molecule has 0 spiro atoms. The molecule has 2 aromatic rings. The summed E-state index contributed by atoms with van der Waals surface area (Å²) in [6.45, 7) is 1.91. The first-order valence-corrected chi connectivity index (χ1v) is 7.03. The summed E-state index contributed by atoms with van der Waals surface area (Å²) in [6.07, 6.45) is -0.561. The van der Waals surface area contributed by atoms with E-state index in [9.17, 15) is 9.50 Å². The van der Waals surface area contributed by atoms with E-state index < -0.39 is 11.9 Å². The maximum absolute atomic E-state index is 13.8. The first-order chi connectivity index (χ1) is 9.00. The Labute approximate surface area is 125 Å². The van der Waals surface area contributed by atoms with Crippen molar-refractivity contribution in [3.05, 3.63) is 68.4 Å². The van der Waals surface area contributed by atoms with Crippen molar-refractivity contribution < 1.29 is 9.50 Å². The molecule has 0 amide bonds.